The summed E-state index contributed by atoms with van der Waals surface area (Å²) in [4.78, 5) is 0. The molecule has 1 atom stereocenters. The van der Waals surface area contributed by atoms with Gasteiger partial charge in [-0.25, -0.2) is 0 Å². The zero-order chi connectivity index (χ0) is 11.6. The third-order valence-corrected chi connectivity index (χ3v) is 5.78. The molecular formula is C10H11I2O2S-. The molecular weight excluding hydrogens is 438 g/mol. The molecule has 0 aliphatic carbocycles. The first kappa shape index (κ1) is 13.9. The fourth-order valence-corrected chi connectivity index (χ4v) is 2.38. The average molecular weight is 449 g/mol. The maximum absolute atomic E-state index is 11.0. The van der Waals surface area contributed by atoms with Gasteiger partial charge in [0, 0.05) is 6.42 Å². The normalized spacial score (nSPS) is 13.9. The molecule has 0 radical (unpaired) electrons. The lowest BCUT2D eigenvalue weighted by Crippen LogP contribution is -2.21. The minimum Gasteiger partial charge on any atom is -0.771 e. The van der Waals surface area contributed by atoms with Crippen molar-refractivity contribution in [2.75, 3.05) is 0 Å². The molecule has 0 aliphatic rings. The van der Waals surface area contributed by atoms with Crippen molar-refractivity contribution in [1.82, 2.24) is 0 Å². The van der Waals surface area contributed by atoms with Gasteiger partial charge in [0.25, 0.3) is 0 Å². The summed E-state index contributed by atoms with van der Waals surface area (Å²) in [5, 5.41) is 0. The van der Waals surface area contributed by atoms with E-state index in [9.17, 15) is 8.76 Å². The maximum Gasteiger partial charge on any atom is 0.138 e. The van der Waals surface area contributed by atoms with Gasteiger partial charge in [0.2, 0.25) is 0 Å². The minimum atomic E-state index is -2.07. The van der Waals surface area contributed by atoms with E-state index in [1.54, 1.807) is 0 Å². The molecule has 0 aromatic heterocycles. The second-order valence-electron chi connectivity index (χ2n) is 3.47. The molecule has 0 N–H and O–H groups in total. The maximum atomic E-state index is 11.0. The highest BCUT2D eigenvalue weighted by Gasteiger charge is 2.24. The Labute approximate surface area is 120 Å². The van der Waals surface area contributed by atoms with Crippen LogP contribution in [0.2, 0.25) is 0 Å². The fourth-order valence-electron chi connectivity index (χ4n) is 1.21. The molecule has 1 aromatic carbocycles. The molecule has 0 saturated heterocycles. The van der Waals surface area contributed by atoms with Crippen LogP contribution in [0.5, 0.6) is 0 Å². The Kier molecular flexibility index (Phi) is 5.00. The Balaban J connectivity index is 2.91. The van der Waals surface area contributed by atoms with Gasteiger partial charge in [-0.3, -0.25) is 4.21 Å². The number of aryl methyl sites for hydroxylation is 2. The number of hydrogen-bond acceptors (Lipinski definition) is 2. The van der Waals surface area contributed by atoms with Crippen LogP contribution in [0, 0.1) is 13.8 Å². The summed E-state index contributed by atoms with van der Waals surface area (Å²) in [7, 11) is 0. The van der Waals surface area contributed by atoms with Crippen LogP contribution < -0.4 is 0 Å². The van der Waals surface area contributed by atoms with Gasteiger partial charge in [0.1, 0.15) is 0.760 Å². The molecule has 5 heteroatoms. The molecule has 1 rings (SSSR count). The molecule has 0 aliphatic heterocycles. The van der Waals surface area contributed by atoms with Gasteiger partial charge in [-0.15, -0.1) is 0 Å². The Morgan fingerprint density at radius 3 is 2.40 bits per heavy atom. The quantitative estimate of drug-likeness (QED) is 0.404. The van der Waals surface area contributed by atoms with Crippen molar-refractivity contribution in [1.29, 1.82) is 0 Å². The van der Waals surface area contributed by atoms with Crippen LogP contribution in [-0.4, -0.2) is 9.52 Å². The first-order chi connectivity index (χ1) is 6.83. The van der Waals surface area contributed by atoms with Crippen molar-refractivity contribution >= 4 is 56.3 Å². The van der Waals surface area contributed by atoms with E-state index in [2.05, 4.69) is 0 Å². The summed E-state index contributed by atoms with van der Waals surface area (Å²) in [6, 6.07) is 6.07. The molecule has 2 nitrogen and oxygen atoms in total. The molecule has 1 aromatic rings. The summed E-state index contributed by atoms with van der Waals surface area (Å²) in [5.41, 5.74) is 3.49. The van der Waals surface area contributed by atoms with E-state index in [0.29, 0.717) is 6.42 Å². The zero-order valence-corrected chi connectivity index (χ0v) is 13.6. The van der Waals surface area contributed by atoms with E-state index in [-0.39, 0.29) is 0 Å². The number of hydrogen-bond donors (Lipinski definition) is 0. The summed E-state index contributed by atoms with van der Waals surface area (Å²) in [6.07, 6.45) is 0.533. The lowest BCUT2D eigenvalue weighted by Gasteiger charge is -2.23. The Morgan fingerprint density at radius 2 is 1.93 bits per heavy atom. The van der Waals surface area contributed by atoms with Crippen molar-refractivity contribution < 1.29 is 8.76 Å². The predicted molar refractivity (Wildman–Crippen MR) is 79.3 cm³/mol. The molecule has 0 heterocycles. The van der Waals surface area contributed by atoms with Gasteiger partial charge in [-0.05, 0) is 41.6 Å². The van der Waals surface area contributed by atoms with Crippen molar-refractivity contribution in [3.05, 3.63) is 34.9 Å². The van der Waals surface area contributed by atoms with Crippen LogP contribution in [0.15, 0.2) is 18.2 Å². The molecule has 0 saturated carbocycles. The number of benzene rings is 1. The molecule has 0 bridgehead atoms. The van der Waals surface area contributed by atoms with Crippen LogP contribution in [0.1, 0.15) is 16.7 Å². The van der Waals surface area contributed by atoms with Crippen molar-refractivity contribution in [3.8, 4) is 0 Å². The van der Waals surface area contributed by atoms with Gasteiger partial charge in [0.15, 0.2) is 0 Å². The molecule has 0 fully saturated rings. The van der Waals surface area contributed by atoms with Gasteiger partial charge in [-0.2, -0.15) is 0 Å². The fraction of sp³-hybridized carbons (Fsp3) is 0.400. The molecule has 1 unspecified atom stereocenters. The first-order valence-electron chi connectivity index (χ1n) is 4.36. The third kappa shape index (κ3) is 3.94. The van der Waals surface area contributed by atoms with Gasteiger partial charge in [-0.1, -0.05) is 63.4 Å². The highest BCUT2D eigenvalue weighted by molar-refractivity contribution is 14.2. The number of halogens is 2. The molecule has 0 amide bonds. The van der Waals surface area contributed by atoms with E-state index in [1.807, 2.05) is 77.2 Å². The SMILES string of the molecule is Cc1ccc(CC(I)(I)S(=O)[O-])cc1C. The topological polar surface area (TPSA) is 40.1 Å². The Morgan fingerprint density at radius 1 is 1.33 bits per heavy atom. The van der Waals surface area contributed by atoms with Crippen LogP contribution in [0.25, 0.3) is 0 Å². The highest BCUT2D eigenvalue weighted by atomic mass is 127. The first-order valence-corrected chi connectivity index (χ1v) is 7.59. The van der Waals surface area contributed by atoms with E-state index in [0.717, 1.165) is 5.56 Å². The van der Waals surface area contributed by atoms with Gasteiger partial charge < -0.3 is 4.55 Å². The van der Waals surface area contributed by atoms with E-state index < -0.39 is 11.8 Å². The average Bonchev–Trinajstić information content (AvgIpc) is 2.10. The minimum absolute atomic E-state index is 0.533. The van der Waals surface area contributed by atoms with Crippen LogP contribution >= 0.6 is 45.2 Å². The summed E-state index contributed by atoms with van der Waals surface area (Å²) in [5.74, 6) is 0. The third-order valence-electron chi connectivity index (χ3n) is 2.23. The molecule has 84 valence electrons. The second kappa shape index (κ2) is 5.42. The lowest BCUT2D eigenvalue weighted by atomic mass is 10.1. The monoisotopic (exact) mass is 449 g/mol. The zero-order valence-electron chi connectivity index (χ0n) is 8.42. The van der Waals surface area contributed by atoms with Crippen molar-refractivity contribution in [2.24, 2.45) is 0 Å². The van der Waals surface area contributed by atoms with Gasteiger partial charge >= 0.3 is 0 Å². The summed E-state index contributed by atoms with van der Waals surface area (Å²) in [6.45, 7) is 4.08. The van der Waals surface area contributed by atoms with Crippen molar-refractivity contribution in [2.45, 2.75) is 21.0 Å². The molecule has 15 heavy (non-hydrogen) atoms. The van der Waals surface area contributed by atoms with Crippen LogP contribution in [0.3, 0.4) is 0 Å². The Hall–Kier alpha value is 0.790. The van der Waals surface area contributed by atoms with Crippen molar-refractivity contribution in [3.63, 3.8) is 0 Å². The summed E-state index contributed by atoms with van der Waals surface area (Å²) >= 11 is 1.86. The Bertz CT molecular complexity index is 391. The van der Waals surface area contributed by atoms with Crippen LogP contribution in [-0.2, 0) is 17.5 Å². The van der Waals surface area contributed by atoms with E-state index in [4.69, 9.17) is 0 Å². The smallest absolute Gasteiger partial charge is 0.138 e. The van der Waals surface area contributed by atoms with Gasteiger partial charge in [0.05, 0.1) is 0 Å². The number of rotatable bonds is 3. The van der Waals surface area contributed by atoms with E-state index >= 15 is 0 Å². The predicted octanol–water partition coefficient (Wildman–Crippen LogP) is 3.25. The lowest BCUT2D eigenvalue weighted by molar-refractivity contribution is 0.533. The number of alkyl halides is 2. The standard InChI is InChI=1S/C10H12I2O2S/c1-7-3-4-9(5-8(7)2)6-10(11,12)15(13)14/h3-5H,6H2,1-2H3,(H,13,14)/p-1. The van der Waals surface area contributed by atoms with Crippen LogP contribution in [0.4, 0.5) is 0 Å². The second-order valence-corrected chi connectivity index (χ2v) is 11.8. The summed E-state index contributed by atoms with van der Waals surface area (Å²) < 4.78 is 21.2. The largest absolute Gasteiger partial charge is 0.771 e. The van der Waals surface area contributed by atoms with E-state index in [1.165, 1.54) is 11.1 Å². The molecule has 0 spiro atoms. The highest BCUT2D eigenvalue weighted by Crippen LogP contribution is 2.34.